The SMILES string of the molecule is Cc1cnc(Cl)c(NC(C)c2ccc(O)cc2)c1. The van der Waals surface area contributed by atoms with Crippen LogP contribution in [-0.4, -0.2) is 10.1 Å². The van der Waals surface area contributed by atoms with Crippen LogP contribution in [0.3, 0.4) is 0 Å². The first kappa shape index (κ1) is 12.7. The second-order valence-electron chi connectivity index (χ2n) is 4.31. The van der Waals surface area contributed by atoms with Crippen molar-refractivity contribution in [2.24, 2.45) is 0 Å². The van der Waals surface area contributed by atoms with Crippen LogP contribution in [0.15, 0.2) is 36.5 Å². The highest BCUT2D eigenvalue weighted by atomic mass is 35.5. The summed E-state index contributed by atoms with van der Waals surface area (Å²) in [7, 11) is 0. The van der Waals surface area contributed by atoms with Crippen LogP contribution in [0.2, 0.25) is 5.15 Å². The van der Waals surface area contributed by atoms with Crippen molar-refractivity contribution < 1.29 is 5.11 Å². The molecule has 1 atom stereocenters. The number of aryl methyl sites for hydroxylation is 1. The Morgan fingerprint density at radius 2 is 1.94 bits per heavy atom. The third kappa shape index (κ3) is 2.93. The fourth-order valence-corrected chi connectivity index (χ4v) is 1.89. The van der Waals surface area contributed by atoms with Crippen molar-refractivity contribution in [3.05, 3.63) is 52.8 Å². The maximum absolute atomic E-state index is 9.26. The van der Waals surface area contributed by atoms with Crippen molar-refractivity contribution in [1.82, 2.24) is 4.98 Å². The van der Waals surface area contributed by atoms with E-state index in [4.69, 9.17) is 11.6 Å². The molecule has 0 aliphatic carbocycles. The molecule has 3 nitrogen and oxygen atoms in total. The Kier molecular flexibility index (Phi) is 3.72. The molecular weight excluding hydrogens is 248 g/mol. The summed E-state index contributed by atoms with van der Waals surface area (Å²) >= 11 is 6.04. The molecule has 1 unspecified atom stereocenters. The lowest BCUT2D eigenvalue weighted by Gasteiger charge is -2.16. The highest BCUT2D eigenvalue weighted by molar-refractivity contribution is 6.31. The zero-order chi connectivity index (χ0) is 13.1. The summed E-state index contributed by atoms with van der Waals surface area (Å²) in [6, 6.07) is 9.15. The van der Waals surface area contributed by atoms with E-state index in [0.29, 0.717) is 5.15 Å². The van der Waals surface area contributed by atoms with Gasteiger partial charge in [-0.25, -0.2) is 4.98 Å². The van der Waals surface area contributed by atoms with Gasteiger partial charge in [-0.05, 0) is 43.2 Å². The summed E-state index contributed by atoms with van der Waals surface area (Å²) in [6.45, 7) is 4.00. The van der Waals surface area contributed by atoms with Gasteiger partial charge in [-0.3, -0.25) is 0 Å². The molecular formula is C14H15ClN2O. The van der Waals surface area contributed by atoms with E-state index in [1.54, 1.807) is 18.3 Å². The lowest BCUT2D eigenvalue weighted by Crippen LogP contribution is -2.07. The number of hydrogen-bond acceptors (Lipinski definition) is 3. The van der Waals surface area contributed by atoms with Crippen molar-refractivity contribution in [1.29, 1.82) is 0 Å². The highest BCUT2D eigenvalue weighted by Crippen LogP contribution is 2.25. The van der Waals surface area contributed by atoms with Gasteiger partial charge in [-0.1, -0.05) is 23.7 Å². The number of aromatic hydroxyl groups is 1. The van der Waals surface area contributed by atoms with Crippen LogP contribution in [0.25, 0.3) is 0 Å². The Balaban J connectivity index is 2.18. The summed E-state index contributed by atoms with van der Waals surface area (Å²) < 4.78 is 0. The van der Waals surface area contributed by atoms with Gasteiger partial charge in [-0.2, -0.15) is 0 Å². The van der Waals surface area contributed by atoms with Crippen molar-refractivity contribution in [3.63, 3.8) is 0 Å². The molecule has 0 spiro atoms. The molecule has 2 aromatic rings. The quantitative estimate of drug-likeness (QED) is 0.824. The van der Waals surface area contributed by atoms with Gasteiger partial charge in [0.1, 0.15) is 5.75 Å². The zero-order valence-electron chi connectivity index (χ0n) is 10.3. The molecule has 18 heavy (non-hydrogen) atoms. The third-order valence-electron chi connectivity index (χ3n) is 2.74. The maximum Gasteiger partial charge on any atom is 0.152 e. The molecule has 0 fully saturated rings. The van der Waals surface area contributed by atoms with Gasteiger partial charge in [0.15, 0.2) is 5.15 Å². The Bertz CT molecular complexity index is 540. The Labute approximate surface area is 111 Å². The van der Waals surface area contributed by atoms with Crippen molar-refractivity contribution in [2.75, 3.05) is 5.32 Å². The maximum atomic E-state index is 9.26. The first-order chi connectivity index (χ1) is 8.56. The molecule has 0 saturated carbocycles. The van der Waals surface area contributed by atoms with Crippen LogP contribution in [0.5, 0.6) is 5.75 Å². The fourth-order valence-electron chi connectivity index (χ4n) is 1.73. The van der Waals surface area contributed by atoms with E-state index in [0.717, 1.165) is 16.8 Å². The second kappa shape index (κ2) is 5.27. The molecule has 0 radical (unpaired) electrons. The number of phenolic OH excluding ortho intramolecular Hbond substituents is 1. The molecule has 2 N–H and O–H groups in total. The van der Waals surface area contributed by atoms with Gasteiger partial charge in [-0.15, -0.1) is 0 Å². The van der Waals surface area contributed by atoms with E-state index in [2.05, 4.69) is 10.3 Å². The highest BCUT2D eigenvalue weighted by Gasteiger charge is 2.08. The molecule has 0 amide bonds. The first-order valence-corrected chi connectivity index (χ1v) is 6.11. The molecule has 0 bridgehead atoms. The molecule has 94 valence electrons. The number of anilines is 1. The topological polar surface area (TPSA) is 45.2 Å². The summed E-state index contributed by atoms with van der Waals surface area (Å²) in [5.41, 5.74) is 2.95. The van der Waals surface area contributed by atoms with Crippen molar-refractivity contribution in [3.8, 4) is 5.75 Å². The van der Waals surface area contributed by atoms with Crippen molar-refractivity contribution >= 4 is 17.3 Å². The number of phenols is 1. The average Bonchev–Trinajstić information content (AvgIpc) is 2.34. The average molecular weight is 263 g/mol. The predicted molar refractivity (Wildman–Crippen MR) is 74.1 cm³/mol. The minimum absolute atomic E-state index is 0.0895. The van der Waals surface area contributed by atoms with Crippen LogP contribution in [0, 0.1) is 6.92 Å². The number of rotatable bonds is 3. The summed E-state index contributed by atoms with van der Waals surface area (Å²) in [6.07, 6.45) is 1.73. The van der Waals surface area contributed by atoms with Gasteiger partial charge in [0, 0.05) is 12.2 Å². The standard InChI is InChI=1S/C14H15ClN2O/c1-9-7-13(14(15)16-8-9)17-10(2)11-3-5-12(18)6-4-11/h3-8,10,17-18H,1-2H3. The van der Waals surface area contributed by atoms with E-state index >= 15 is 0 Å². The number of benzene rings is 1. The lowest BCUT2D eigenvalue weighted by atomic mass is 10.1. The minimum Gasteiger partial charge on any atom is -0.508 e. The number of aromatic nitrogens is 1. The van der Waals surface area contributed by atoms with E-state index in [9.17, 15) is 5.11 Å². The molecule has 0 aliphatic heterocycles. The molecule has 2 rings (SSSR count). The zero-order valence-corrected chi connectivity index (χ0v) is 11.1. The monoisotopic (exact) mass is 262 g/mol. The van der Waals surface area contributed by atoms with Gasteiger partial charge in [0.25, 0.3) is 0 Å². The molecule has 0 aliphatic rings. The Morgan fingerprint density at radius 1 is 1.28 bits per heavy atom. The van der Waals surface area contributed by atoms with Crippen LogP contribution in [0.1, 0.15) is 24.1 Å². The normalized spacial score (nSPS) is 12.2. The van der Waals surface area contributed by atoms with Gasteiger partial charge >= 0.3 is 0 Å². The first-order valence-electron chi connectivity index (χ1n) is 5.74. The van der Waals surface area contributed by atoms with Gasteiger partial charge in [0.05, 0.1) is 5.69 Å². The Morgan fingerprint density at radius 3 is 2.61 bits per heavy atom. The van der Waals surface area contributed by atoms with Crippen molar-refractivity contribution in [2.45, 2.75) is 19.9 Å². The smallest absolute Gasteiger partial charge is 0.152 e. The van der Waals surface area contributed by atoms with Gasteiger partial charge < -0.3 is 10.4 Å². The number of nitrogens with one attached hydrogen (secondary N) is 1. The molecule has 1 heterocycles. The lowest BCUT2D eigenvalue weighted by molar-refractivity contribution is 0.475. The van der Waals surface area contributed by atoms with E-state index in [1.807, 2.05) is 32.0 Å². The molecule has 4 heteroatoms. The van der Waals surface area contributed by atoms with Crippen LogP contribution in [0.4, 0.5) is 5.69 Å². The predicted octanol–water partition coefficient (Wildman–Crippen LogP) is 3.92. The minimum atomic E-state index is 0.0895. The molecule has 0 saturated heterocycles. The number of halogens is 1. The van der Waals surface area contributed by atoms with E-state index in [1.165, 1.54) is 0 Å². The van der Waals surface area contributed by atoms with E-state index in [-0.39, 0.29) is 11.8 Å². The second-order valence-corrected chi connectivity index (χ2v) is 4.67. The molecule has 1 aromatic carbocycles. The molecule has 1 aromatic heterocycles. The van der Waals surface area contributed by atoms with Crippen LogP contribution in [-0.2, 0) is 0 Å². The fraction of sp³-hybridized carbons (Fsp3) is 0.214. The number of pyridine rings is 1. The largest absolute Gasteiger partial charge is 0.508 e. The Hall–Kier alpha value is -1.74. The van der Waals surface area contributed by atoms with Gasteiger partial charge in [0.2, 0.25) is 0 Å². The summed E-state index contributed by atoms with van der Waals surface area (Å²) in [5.74, 6) is 0.265. The van der Waals surface area contributed by atoms with Crippen LogP contribution >= 0.6 is 11.6 Å². The number of nitrogens with zero attached hydrogens (tertiary/aromatic N) is 1. The third-order valence-corrected chi connectivity index (χ3v) is 3.04. The summed E-state index contributed by atoms with van der Waals surface area (Å²) in [4.78, 5) is 4.10. The summed E-state index contributed by atoms with van der Waals surface area (Å²) in [5, 5.41) is 13.0. The van der Waals surface area contributed by atoms with E-state index < -0.39 is 0 Å². The number of hydrogen-bond donors (Lipinski definition) is 2. The van der Waals surface area contributed by atoms with Crippen LogP contribution < -0.4 is 5.32 Å².